The molecule has 0 aromatic heterocycles. The lowest BCUT2D eigenvalue weighted by Gasteiger charge is -2.30. The molecule has 1 heterocycles. The first-order valence-electron chi connectivity index (χ1n) is 6.53. The van der Waals surface area contributed by atoms with Crippen LogP contribution in [0.25, 0.3) is 0 Å². The summed E-state index contributed by atoms with van der Waals surface area (Å²) in [5.74, 6) is -0.342. The average Bonchev–Trinajstić information content (AvgIpc) is 2.47. The van der Waals surface area contributed by atoms with Gasteiger partial charge in [-0.3, -0.25) is 4.79 Å². The SMILES string of the molecule is COc1cc(F)c(C(=O)N2CCC(N)CC2)cc1OC. The van der Waals surface area contributed by atoms with Crippen molar-refractivity contribution in [2.75, 3.05) is 27.3 Å². The van der Waals surface area contributed by atoms with Crippen molar-refractivity contribution in [1.82, 2.24) is 4.90 Å². The lowest BCUT2D eigenvalue weighted by molar-refractivity contribution is 0.0709. The number of nitrogens with zero attached hydrogens (tertiary/aromatic N) is 1. The Hall–Kier alpha value is -1.82. The molecule has 1 aromatic carbocycles. The second-order valence-corrected chi connectivity index (χ2v) is 4.82. The third-order valence-corrected chi connectivity index (χ3v) is 3.53. The lowest BCUT2D eigenvalue weighted by Crippen LogP contribution is -2.43. The van der Waals surface area contributed by atoms with Gasteiger partial charge in [0, 0.05) is 25.2 Å². The second-order valence-electron chi connectivity index (χ2n) is 4.82. The van der Waals surface area contributed by atoms with E-state index in [9.17, 15) is 9.18 Å². The van der Waals surface area contributed by atoms with Crippen molar-refractivity contribution in [3.8, 4) is 11.5 Å². The van der Waals surface area contributed by atoms with Crippen LogP contribution in [0.2, 0.25) is 0 Å². The first-order chi connectivity index (χ1) is 9.56. The van der Waals surface area contributed by atoms with Crippen LogP contribution in [0.1, 0.15) is 23.2 Å². The van der Waals surface area contributed by atoms with Gasteiger partial charge in [-0.15, -0.1) is 0 Å². The number of likely N-dealkylation sites (tertiary alicyclic amines) is 1. The highest BCUT2D eigenvalue weighted by Gasteiger charge is 2.25. The maximum atomic E-state index is 14.0. The molecular formula is C14H19FN2O3. The molecule has 0 aliphatic carbocycles. The van der Waals surface area contributed by atoms with Gasteiger partial charge in [0.2, 0.25) is 0 Å². The van der Waals surface area contributed by atoms with Crippen LogP contribution in [0.4, 0.5) is 4.39 Å². The van der Waals surface area contributed by atoms with E-state index in [0.717, 1.165) is 12.8 Å². The van der Waals surface area contributed by atoms with Crippen molar-refractivity contribution in [2.24, 2.45) is 5.73 Å². The molecule has 1 aliphatic rings. The Kier molecular flexibility index (Phi) is 4.44. The summed E-state index contributed by atoms with van der Waals surface area (Å²) in [6.07, 6.45) is 1.47. The molecule has 2 N–H and O–H groups in total. The minimum absolute atomic E-state index is 0.00174. The summed E-state index contributed by atoms with van der Waals surface area (Å²) in [6.45, 7) is 1.10. The normalized spacial score (nSPS) is 16.1. The summed E-state index contributed by atoms with van der Waals surface area (Å²) in [6, 6.07) is 2.67. The number of piperidine rings is 1. The number of halogens is 1. The Labute approximate surface area is 117 Å². The van der Waals surface area contributed by atoms with Gasteiger partial charge in [0.15, 0.2) is 11.5 Å². The van der Waals surface area contributed by atoms with Crippen LogP contribution < -0.4 is 15.2 Å². The van der Waals surface area contributed by atoms with Gasteiger partial charge in [-0.05, 0) is 18.9 Å². The third-order valence-electron chi connectivity index (χ3n) is 3.53. The zero-order valence-corrected chi connectivity index (χ0v) is 11.7. The Balaban J connectivity index is 2.25. The van der Waals surface area contributed by atoms with Crippen LogP contribution in [-0.4, -0.2) is 44.2 Å². The highest BCUT2D eigenvalue weighted by Crippen LogP contribution is 2.30. The molecule has 20 heavy (non-hydrogen) atoms. The monoisotopic (exact) mass is 282 g/mol. The number of hydrogen-bond acceptors (Lipinski definition) is 4. The van der Waals surface area contributed by atoms with Crippen LogP contribution in [0.3, 0.4) is 0 Å². The molecule has 6 heteroatoms. The Morgan fingerprint density at radius 1 is 1.25 bits per heavy atom. The van der Waals surface area contributed by atoms with Crippen molar-refractivity contribution < 1.29 is 18.7 Å². The molecule has 0 spiro atoms. The van der Waals surface area contributed by atoms with E-state index in [4.69, 9.17) is 15.2 Å². The standard InChI is InChI=1S/C14H19FN2O3/c1-19-12-7-10(11(15)8-13(12)20-2)14(18)17-5-3-9(16)4-6-17/h7-9H,3-6,16H2,1-2H3. The fourth-order valence-corrected chi connectivity index (χ4v) is 2.29. The van der Waals surface area contributed by atoms with Gasteiger partial charge in [0.05, 0.1) is 19.8 Å². The quantitative estimate of drug-likeness (QED) is 0.910. The number of amides is 1. The van der Waals surface area contributed by atoms with Gasteiger partial charge in [0.25, 0.3) is 5.91 Å². The summed E-state index contributed by atoms with van der Waals surface area (Å²) in [7, 11) is 2.87. The van der Waals surface area contributed by atoms with Crippen molar-refractivity contribution in [3.05, 3.63) is 23.5 Å². The van der Waals surface area contributed by atoms with Crippen LogP contribution in [0.5, 0.6) is 11.5 Å². The largest absolute Gasteiger partial charge is 0.493 e. The van der Waals surface area contributed by atoms with Gasteiger partial charge in [-0.1, -0.05) is 0 Å². The molecule has 2 rings (SSSR count). The molecular weight excluding hydrogens is 263 g/mol. The Morgan fingerprint density at radius 2 is 1.80 bits per heavy atom. The summed E-state index contributed by atoms with van der Waals surface area (Å²) < 4.78 is 24.1. The van der Waals surface area contributed by atoms with E-state index in [1.807, 2.05) is 0 Å². The molecule has 110 valence electrons. The Morgan fingerprint density at radius 3 is 2.35 bits per heavy atom. The molecule has 0 bridgehead atoms. The number of hydrogen-bond donors (Lipinski definition) is 1. The highest BCUT2D eigenvalue weighted by molar-refractivity contribution is 5.95. The number of benzene rings is 1. The summed E-state index contributed by atoms with van der Waals surface area (Å²) in [5, 5.41) is 0. The number of rotatable bonds is 3. The van der Waals surface area contributed by atoms with Gasteiger partial charge in [-0.25, -0.2) is 4.39 Å². The van der Waals surface area contributed by atoms with Gasteiger partial charge >= 0.3 is 0 Å². The van der Waals surface area contributed by atoms with E-state index in [1.165, 1.54) is 26.4 Å². The zero-order chi connectivity index (χ0) is 14.7. The van der Waals surface area contributed by atoms with Crippen molar-refractivity contribution in [2.45, 2.75) is 18.9 Å². The molecule has 1 amide bonds. The predicted molar refractivity (Wildman–Crippen MR) is 72.6 cm³/mol. The van der Waals surface area contributed by atoms with E-state index in [2.05, 4.69) is 0 Å². The van der Waals surface area contributed by atoms with E-state index in [-0.39, 0.29) is 23.3 Å². The van der Waals surface area contributed by atoms with Crippen molar-refractivity contribution in [1.29, 1.82) is 0 Å². The third kappa shape index (κ3) is 2.85. The summed E-state index contributed by atoms with van der Waals surface area (Å²) >= 11 is 0. The minimum atomic E-state index is -0.609. The maximum Gasteiger partial charge on any atom is 0.256 e. The molecule has 1 aliphatic heterocycles. The van der Waals surface area contributed by atoms with Crippen LogP contribution >= 0.6 is 0 Å². The van der Waals surface area contributed by atoms with Gasteiger partial charge < -0.3 is 20.1 Å². The van der Waals surface area contributed by atoms with Crippen LogP contribution in [-0.2, 0) is 0 Å². The number of carbonyl (C=O) groups is 1. The average molecular weight is 282 g/mol. The second kappa shape index (κ2) is 6.09. The summed E-state index contributed by atoms with van der Waals surface area (Å²) in [5.41, 5.74) is 5.80. The van der Waals surface area contributed by atoms with E-state index >= 15 is 0 Å². The first kappa shape index (κ1) is 14.6. The first-order valence-corrected chi connectivity index (χ1v) is 6.53. The van der Waals surface area contributed by atoms with Crippen LogP contribution in [0, 0.1) is 5.82 Å². The Bertz CT molecular complexity index is 499. The van der Waals surface area contributed by atoms with Crippen molar-refractivity contribution >= 4 is 5.91 Å². The van der Waals surface area contributed by atoms with Gasteiger partial charge in [-0.2, -0.15) is 0 Å². The number of methoxy groups -OCH3 is 2. The van der Waals surface area contributed by atoms with Gasteiger partial charge in [0.1, 0.15) is 5.82 Å². The molecule has 0 saturated carbocycles. The topological polar surface area (TPSA) is 64.8 Å². The maximum absolute atomic E-state index is 14.0. The zero-order valence-electron chi connectivity index (χ0n) is 11.7. The van der Waals surface area contributed by atoms with E-state index in [0.29, 0.717) is 18.8 Å². The number of ether oxygens (including phenoxy) is 2. The van der Waals surface area contributed by atoms with E-state index < -0.39 is 5.82 Å². The minimum Gasteiger partial charge on any atom is -0.493 e. The molecule has 0 atom stereocenters. The number of carbonyl (C=O) groups excluding carboxylic acids is 1. The predicted octanol–water partition coefficient (Wildman–Crippen LogP) is 1.41. The molecule has 1 saturated heterocycles. The lowest BCUT2D eigenvalue weighted by atomic mass is 10.0. The van der Waals surface area contributed by atoms with Crippen LogP contribution in [0.15, 0.2) is 12.1 Å². The summed E-state index contributed by atoms with van der Waals surface area (Å²) in [4.78, 5) is 14.0. The molecule has 5 nitrogen and oxygen atoms in total. The molecule has 0 unspecified atom stereocenters. The number of nitrogens with two attached hydrogens (primary N) is 1. The molecule has 0 radical (unpaired) electrons. The fraction of sp³-hybridized carbons (Fsp3) is 0.500. The molecule has 1 aromatic rings. The van der Waals surface area contributed by atoms with E-state index in [1.54, 1.807) is 4.90 Å². The highest BCUT2D eigenvalue weighted by atomic mass is 19.1. The smallest absolute Gasteiger partial charge is 0.256 e. The molecule has 1 fully saturated rings. The van der Waals surface area contributed by atoms with Crippen molar-refractivity contribution in [3.63, 3.8) is 0 Å². The fourth-order valence-electron chi connectivity index (χ4n) is 2.29.